The Morgan fingerprint density at radius 1 is 0.969 bits per heavy atom. The molecule has 0 unspecified atom stereocenters. The Bertz CT molecular complexity index is 1050. The zero-order valence-electron chi connectivity index (χ0n) is 18.3. The summed E-state index contributed by atoms with van der Waals surface area (Å²) in [7, 11) is 1.52. The second-order valence-corrected chi connectivity index (χ2v) is 7.01. The van der Waals surface area contributed by atoms with Crippen LogP contribution in [-0.4, -0.2) is 43.1 Å². The van der Waals surface area contributed by atoms with Crippen molar-refractivity contribution in [2.45, 2.75) is 26.8 Å². The van der Waals surface area contributed by atoms with Crippen LogP contribution in [-0.2, 0) is 16.1 Å². The molecule has 4 amide bonds. The Morgan fingerprint density at radius 3 is 2.47 bits per heavy atom. The van der Waals surface area contributed by atoms with Crippen LogP contribution in [0, 0.1) is 0 Å². The number of para-hydroxylation sites is 1. The summed E-state index contributed by atoms with van der Waals surface area (Å²) in [5.41, 5.74) is 1.07. The molecule has 1 N–H and O–H groups in total. The summed E-state index contributed by atoms with van der Waals surface area (Å²) < 4.78 is 16.6. The first-order valence-electron chi connectivity index (χ1n) is 10.4. The molecule has 2 aromatic carbocycles. The molecule has 0 aliphatic carbocycles. The number of amides is 4. The molecule has 2 aromatic rings. The van der Waals surface area contributed by atoms with Gasteiger partial charge in [0, 0.05) is 5.56 Å². The zero-order chi connectivity index (χ0) is 23.1. The quantitative estimate of drug-likeness (QED) is 0.475. The molecule has 168 valence electrons. The number of methoxy groups -OCH3 is 1. The van der Waals surface area contributed by atoms with Crippen LogP contribution in [0.15, 0.2) is 48.0 Å². The van der Waals surface area contributed by atoms with Gasteiger partial charge < -0.3 is 14.2 Å². The van der Waals surface area contributed by atoms with Gasteiger partial charge in [0.15, 0.2) is 11.5 Å². The molecular weight excluding hydrogens is 412 g/mol. The van der Waals surface area contributed by atoms with Crippen molar-refractivity contribution >= 4 is 23.9 Å². The first-order valence-corrected chi connectivity index (χ1v) is 10.4. The minimum atomic E-state index is -0.777. The van der Waals surface area contributed by atoms with Crippen molar-refractivity contribution in [2.24, 2.45) is 0 Å². The molecule has 0 atom stereocenters. The van der Waals surface area contributed by atoms with E-state index in [0.717, 1.165) is 11.3 Å². The highest BCUT2D eigenvalue weighted by Crippen LogP contribution is 2.29. The number of urea groups is 1. The van der Waals surface area contributed by atoms with Crippen LogP contribution >= 0.6 is 0 Å². The van der Waals surface area contributed by atoms with E-state index in [2.05, 4.69) is 5.32 Å². The number of imide groups is 2. The van der Waals surface area contributed by atoms with E-state index in [4.69, 9.17) is 14.2 Å². The minimum absolute atomic E-state index is 0.0349. The molecule has 0 bridgehead atoms. The lowest BCUT2D eigenvalue weighted by Crippen LogP contribution is -2.53. The fourth-order valence-corrected chi connectivity index (χ4v) is 3.20. The minimum Gasteiger partial charge on any atom is -0.493 e. The van der Waals surface area contributed by atoms with Crippen molar-refractivity contribution in [1.82, 2.24) is 10.2 Å². The molecule has 32 heavy (non-hydrogen) atoms. The number of rotatable bonds is 9. The van der Waals surface area contributed by atoms with Crippen molar-refractivity contribution in [3.05, 3.63) is 59.2 Å². The van der Waals surface area contributed by atoms with Crippen LogP contribution in [0.5, 0.6) is 17.2 Å². The maximum atomic E-state index is 13.1. The van der Waals surface area contributed by atoms with E-state index in [1.54, 1.807) is 42.5 Å². The van der Waals surface area contributed by atoms with Gasteiger partial charge in [-0.1, -0.05) is 31.2 Å². The van der Waals surface area contributed by atoms with Crippen LogP contribution in [0.2, 0.25) is 0 Å². The van der Waals surface area contributed by atoms with E-state index in [1.807, 2.05) is 13.8 Å². The molecule has 0 radical (unpaired) electrons. The maximum Gasteiger partial charge on any atom is 0.331 e. The second kappa shape index (κ2) is 10.5. The van der Waals surface area contributed by atoms with Crippen LogP contribution in [0.25, 0.3) is 6.08 Å². The predicted octanol–water partition coefficient (Wildman–Crippen LogP) is 3.54. The van der Waals surface area contributed by atoms with Crippen molar-refractivity contribution in [3.63, 3.8) is 0 Å². The fourth-order valence-electron chi connectivity index (χ4n) is 3.20. The zero-order valence-corrected chi connectivity index (χ0v) is 18.3. The summed E-state index contributed by atoms with van der Waals surface area (Å²) in [6, 6.07) is 11.5. The third-order valence-electron chi connectivity index (χ3n) is 4.73. The number of carbonyl (C=O) groups is 3. The van der Waals surface area contributed by atoms with E-state index in [0.29, 0.717) is 41.6 Å². The molecule has 8 heteroatoms. The van der Waals surface area contributed by atoms with Crippen LogP contribution in [0.1, 0.15) is 31.4 Å². The Hall–Kier alpha value is -3.81. The van der Waals surface area contributed by atoms with Gasteiger partial charge >= 0.3 is 6.03 Å². The molecular formula is C24H26N2O6. The van der Waals surface area contributed by atoms with Crippen molar-refractivity contribution in [2.75, 3.05) is 20.3 Å². The lowest BCUT2D eigenvalue weighted by atomic mass is 10.1. The molecule has 1 aliphatic rings. The topological polar surface area (TPSA) is 94.2 Å². The van der Waals surface area contributed by atoms with Crippen molar-refractivity contribution in [1.29, 1.82) is 0 Å². The summed E-state index contributed by atoms with van der Waals surface area (Å²) in [5, 5.41) is 2.23. The fraction of sp³-hybridized carbons (Fsp3) is 0.292. The summed E-state index contributed by atoms with van der Waals surface area (Å²) in [6.45, 7) is 4.79. The number of barbiturate groups is 1. The van der Waals surface area contributed by atoms with Gasteiger partial charge in [0.1, 0.15) is 11.3 Å². The van der Waals surface area contributed by atoms with Crippen LogP contribution < -0.4 is 19.5 Å². The monoisotopic (exact) mass is 438 g/mol. The van der Waals surface area contributed by atoms with Crippen molar-refractivity contribution in [3.8, 4) is 17.2 Å². The van der Waals surface area contributed by atoms with Crippen molar-refractivity contribution < 1.29 is 28.6 Å². The number of ether oxygens (including phenoxy) is 3. The average Bonchev–Trinajstić information content (AvgIpc) is 2.79. The van der Waals surface area contributed by atoms with Gasteiger partial charge in [0.2, 0.25) is 0 Å². The van der Waals surface area contributed by atoms with Gasteiger partial charge in [-0.15, -0.1) is 0 Å². The van der Waals surface area contributed by atoms with Gasteiger partial charge in [-0.3, -0.25) is 19.8 Å². The van der Waals surface area contributed by atoms with Gasteiger partial charge in [0.05, 0.1) is 26.9 Å². The number of hydrogen-bond donors (Lipinski definition) is 1. The molecule has 0 saturated carbocycles. The highest BCUT2D eigenvalue weighted by atomic mass is 16.5. The lowest BCUT2D eigenvalue weighted by molar-refractivity contribution is -0.130. The molecule has 1 aliphatic heterocycles. The molecule has 1 fully saturated rings. The summed E-state index contributed by atoms with van der Waals surface area (Å²) in [6.07, 6.45) is 2.29. The van der Waals surface area contributed by atoms with E-state index in [9.17, 15) is 14.4 Å². The predicted molar refractivity (Wildman–Crippen MR) is 118 cm³/mol. The standard InChI is InChI=1S/C24H26N2O6/c1-4-12-32-20-11-10-16(13-21(20)30-3)15-26-23(28)18(22(27)25-24(26)29)14-17-8-6-7-9-19(17)31-5-2/h6-11,13-14H,4-5,12,15H2,1-3H3,(H,25,27,29)/b18-14+. The second-order valence-electron chi connectivity index (χ2n) is 7.01. The largest absolute Gasteiger partial charge is 0.493 e. The lowest BCUT2D eigenvalue weighted by Gasteiger charge is -2.26. The Morgan fingerprint density at radius 2 is 1.75 bits per heavy atom. The number of hydrogen-bond acceptors (Lipinski definition) is 6. The van der Waals surface area contributed by atoms with Gasteiger partial charge in [-0.25, -0.2) is 4.79 Å². The number of carbonyl (C=O) groups excluding carboxylic acids is 3. The van der Waals surface area contributed by atoms with E-state index in [1.165, 1.54) is 13.2 Å². The van der Waals surface area contributed by atoms with E-state index >= 15 is 0 Å². The summed E-state index contributed by atoms with van der Waals surface area (Å²) in [5.74, 6) is 0.187. The van der Waals surface area contributed by atoms with Gasteiger partial charge in [-0.05, 0) is 43.2 Å². The van der Waals surface area contributed by atoms with E-state index < -0.39 is 17.8 Å². The average molecular weight is 438 g/mol. The molecule has 0 spiro atoms. The highest BCUT2D eigenvalue weighted by molar-refractivity contribution is 6.31. The molecule has 3 rings (SSSR count). The third-order valence-corrected chi connectivity index (χ3v) is 4.73. The third kappa shape index (κ3) is 5.08. The smallest absolute Gasteiger partial charge is 0.331 e. The number of nitrogens with one attached hydrogen (secondary N) is 1. The summed E-state index contributed by atoms with van der Waals surface area (Å²) >= 11 is 0. The van der Waals surface area contributed by atoms with Gasteiger partial charge in [-0.2, -0.15) is 0 Å². The highest BCUT2D eigenvalue weighted by Gasteiger charge is 2.36. The van der Waals surface area contributed by atoms with Crippen LogP contribution in [0.3, 0.4) is 0 Å². The first kappa shape index (κ1) is 22.9. The maximum absolute atomic E-state index is 13.1. The Balaban J connectivity index is 1.87. The molecule has 8 nitrogen and oxygen atoms in total. The normalized spacial score (nSPS) is 15.0. The SMILES string of the molecule is CCCOc1ccc(CN2C(=O)NC(=O)/C(=C\c3ccccc3OCC)C2=O)cc1OC. The summed E-state index contributed by atoms with van der Waals surface area (Å²) in [4.78, 5) is 38.9. The molecule has 1 saturated heterocycles. The molecule has 1 heterocycles. The molecule has 0 aromatic heterocycles. The van der Waals surface area contributed by atoms with E-state index in [-0.39, 0.29) is 12.1 Å². The van der Waals surface area contributed by atoms with Crippen LogP contribution in [0.4, 0.5) is 4.79 Å². The number of nitrogens with zero attached hydrogens (tertiary/aromatic N) is 1. The Kier molecular flexibility index (Phi) is 7.49. The Labute approximate surface area is 186 Å². The first-order chi connectivity index (χ1) is 15.5. The number of benzene rings is 2. The van der Waals surface area contributed by atoms with Gasteiger partial charge in [0.25, 0.3) is 11.8 Å².